The summed E-state index contributed by atoms with van der Waals surface area (Å²) in [6, 6.07) is 18.4. The average molecular weight is 546 g/mol. The Labute approximate surface area is 221 Å². The van der Waals surface area contributed by atoms with Crippen molar-refractivity contribution in [3.05, 3.63) is 99.5 Å². The third kappa shape index (κ3) is 6.99. The molecule has 0 fully saturated rings. The number of ether oxygens (including phenoxy) is 3. The lowest BCUT2D eigenvalue weighted by molar-refractivity contribution is -0.159. The molecular weight excluding hydrogens is 525 g/mol. The number of carbonyl (C=O) groups is 4. The number of hydrogen-bond acceptors (Lipinski definition) is 7. The molecule has 0 aromatic heterocycles. The zero-order valence-electron chi connectivity index (χ0n) is 19.4. The van der Waals surface area contributed by atoms with Gasteiger partial charge < -0.3 is 24.6 Å². The molecule has 0 aliphatic rings. The van der Waals surface area contributed by atoms with E-state index in [2.05, 4.69) is 5.32 Å². The predicted molar refractivity (Wildman–Crippen MR) is 134 cm³/mol. The van der Waals surface area contributed by atoms with Gasteiger partial charge in [-0.2, -0.15) is 0 Å². The number of hydrogen-bond donors (Lipinski definition) is 2. The van der Waals surface area contributed by atoms with E-state index in [0.717, 1.165) is 0 Å². The predicted octanol–water partition coefficient (Wildman–Crippen LogP) is 4.15. The monoisotopic (exact) mass is 545 g/mol. The molecule has 37 heavy (non-hydrogen) atoms. The van der Waals surface area contributed by atoms with Gasteiger partial charge in [0.1, 0.15) is 5.75 Å². The van der Waals surface area contributed by atoms with E-state index >= 15 is 0 Å². The highest BCUT2D eigenvalue weighted by Gasteiger charge is 2.41. The van der Waals surface area contributed by atoms with E-state index in [9.17, 15) is 24.3 Å². The molecule has 2 atom stereocenters. The topological polar surface area (TPSA) is 128 Å². The second kappa shape index (κ2) is 12.8. The Morgan fingerprint density at radius 3 is 1.78 bits per heavy atom. The van der Waals surface area contributed by atoms with Gasteiger partial charge in [-0.3, -0.25) is 4.79 Å². The molecule has 2 N–H and O–H groups in total. The van der Waals surface area contributed by atoms with Crippen LogP contribution in [0.1, 0.15) is 26.3 Å². The molecule has 9 nitrogen and oxygen atoms in total. The van der Waals surface area contributed by atoms with E-state index in [-0.39, 0.29) is 27.7 Å². The van der Waals surface area contributed by atoms with E-state index in [1.54, 1.807) is 36.4 Å². The molecule has 192 valence electrons. The first-order valence-corrected chi connectivity index (χ1v) is 11.5. The lowest BCUT2D eigenvalue weighted by Gasteiger charge is -2.24. The molecule has 0 aliphatic heterocycles. The third-order valence-electron chi connectivity index (χ3n) is 5.08. The third-order valence-corrected chi connectivity index (χ3v) is 5.74. The van der Waals surface area contributed by atoms with Crippen molar-refractivity contribution in [1.29, 1.82) is 0 Å². The highest BCUT2D eigenvalue weighted by atomic mass is 35.5. The lowest BCUT2D eigenvalue weighted by Crippen LogP contribution is -2.50. The fourth-order valence-electron chi connectivity index (χ4n) is 3.24. The summed E-state index contributed by atoms with van der Waals surface area (Å²) >= 11 is 12.1. The normalized spacial score (nSPS) is 12.1. The number of halogens is 2. The van der Waals surface area contributed by atoms with Crippen molar-refractivity contribution < 1.29 is 38.5 Å². The van der Waals surface area contributed by atoms with E-state index in [0.29, 0.717) is 11.3 Å². The van der Waals surface area contributed by atoms with E-state index in [1.807, 2.05) is 0 Å². The van der Waals surface area contributed by atoms with Crippen LogP contribution >= 0.6 is 23.2 Å². The molecule has 0 radical (unpaired) electrons. The van der Waals surface area contributed by atoms with Crippen LogP contribution in [-0.4, -0.2) is 48.2 Å². The number of para-hydroxylation sites is 1. The van der Waals surface area contributed by atoms with Gasteiger partial charge >= 0.3 is 17.9 Å². The summed E-state index contributed by atoms with van der Waals surface area (Å²) in [5.41, 5.74) is 0.309. The lowest BCUT2D eigenvalue weighted by atomic mass is 10.1. The van der Waals surface area contributed by atoms with Gasteiger partial charge in [-0.15, -0.1) is 0 Å². The van der Waals surface area contributed by atoms with E-state index in [4.69, 9.17) is 37.4 Å². The highest BCUT2D eigenvalue weighted by Crippen LogP contribution is 2.21. The van der Waals surface area contributed by atoms with Crippen LogP contribution in [0.15, 0.2) is 72.8 Å². The summed E-state index contributed by atoms with van der Waals surface area (Å²) in [5.74, 6) is -4.53. The molecule has 0 saturated heterocycles. The number of carboxylic acid groups (broad SMARTS) is 1. The van der Waals surface area contributed by atoms with Crippen molar-refractivity contribution in [3.8, 4) is 5.75 Å². The summed E-state index contributed by atoms with van der Waals surface area (Å²) in [6.07, 6.45) is -4.30. The molecule has 1 amide bonds. The number of aliphatic carboxylic acids is 1. The Balaban J connectivity index is 1.90. The largest absolute Gasteiger partial charge is 0.496 e. The maximum atomic E-state index is 13.2. The first-order chi connectivity index (χ1) is 17.7. The van der Waals surface area contributed by atoms with Crippen LogP contribution < -0.4 is 10.1 Å². The number of nitrogens with one attached hydrogen (secondary N) is 1. The van der Waals surface area contributed by atoms with Gasteiger partial charge in [0.05, 0.1) is 28.3 Å². The van der Waals surface area contributed by atoms with Crippen molar-refractivity contribution >= 4 is 47.0 Å². The van der Waals surface area contributed by atoms with Gasteiger partial charge in [-0.1, -0.05) is 65.7 Å². The van der Waals surface area contributed by atoms with Gasteiger partial charge in [0, 0.05) is 12.1 Å². The summed E-state index contributed by atoms with van der Waals surface area (Å²) in [4.78, 5) is 50.8. The smallest absolute Gasteiger partial charge is 0.349 e. The van der Waals surface area contributed by atoms with Crippen molar-refractivity contribution in [2.24, 2.45) is 0 Å². The van der Waals surface area contributed by atoms with Gasteiger partial charge in [-0.25, -0.2) is 14.4 Å². The van der Waals surface area contributed by atoms with Crippen molar-refractivity contribution in [2.45, 2.75) is 18.8 Å². The van der Waals surface area contributed by atoms with E-state index < -0.39 is 36.0 Å². The number of carboxylic acids is 1. The molecule has 3 aromatic rings. The summed E-state index contributed by atoms with van der Waals surface area (Å²) < 4.78 is 15.6. The van der Waals surface area contributed by atoms with Crippen LogP contribution in [0, 0.1) is 0 Å². The first kappa shape index (κ1) is 27.5. The Bertz CT molecular complexity index is 1310. The Kier molecular flexibility index (Phi) is 9.48. The van der Waals surface area contributed by atoms with Crippen LogP contribution in [0.5, 0.6) is 5.75 Å². The molecule has 3 aromatic carbocycles. The van der Waals surface area contributed by atoms with Crippen molar-refractivity contribution in [2.75, 3.05) is 7.11 Å². The Morgan fingerprint density at radius 2 is 1.27 bits per heavy atom. The molecule has 0 bridgehead atoms. The molecule has 0 spiro atoms. The van der Waals surface area contributed by atoms with E-state index in [1.165, 1.54) is 43.5 Å². The fraction of sp³-hybridized carbons (Fsp3) is 0.154. The van der Waals surface area contributed by atoms with Gasteiger partial charge in [-0.05, 0) is 30.3 Å². The quantitative estimate of drug-likeness (QED) is 0.363. The summed E-state index contributed by atoms with van der Waals surface area (Å²) in [6.45, 7) is -0.103. The number of methoxy groups -OCH3 is 1. The van der Waals surface area contributed by atoms with Crippen LogP contribution in [0.25, 0.3) is 0 Å². The first-order valence-electron chi connectivity index (χ1n) is 10.8. The minimum atomic E-state index is -2.21. The molecule has 0 unspecified atom stereocenters. The number of carbonyl (C=O) groups excluding carboxylic acids is 3. The number of amides is 1. The second-order valence-corrected chi connectivity index (χ2v) is 8.29. The van der Waals surface area contributed by atoms with Crippen LogP contribution in [0.4, 0.5) is 0 Å². The molecule has 0 aliphatic carbocycles. The molecular formula is C26H21Cl2NO8. The minimum Gasteiger partial charge on any atom is -0.496 e. The molecule has 0 heterocycles. The van der Waals surface area contributed by atoms with Crippen molar-refractivity contribution in [1.82, 2.24) is 5.32 Å². The SMILES string of the molecule is COc1ccccc1CNC(=O)[C@H](OC(=O)c1ccccc1Cl)[C@H](OC(=O)c1ccccc1Cl)C(=O)O. The zero-order chi connectivity index (χ0) is 26.9. The molecule has 0 saturated carbocycles. The number of benzene rings is 3. The standard InChI is InChI=1S/C26H21Cl2NO8/c1-35-20-13-7-2-8-15(20)14-29-23(30)21(36-25(33)16-9-3-5-11-18(16)27)22(24(31)32)37-26(34)17-10-4-6-12-19(17)28/h2-13,21-22H,14H2,1H3,(H,29,30)(H,31,32)/t21-,22+/m1/s1. The summed E-state index contributed by atoms with van der Waals surface area (Å²) in [7, 11) is 1.45. The number of esters is 2. The maximum absolute atomic E-state index is 13.2. The van der Waals surface area contributed by atoms with Crippen molar-refractivity contribution in [3.63, 3.8) is 0 Å². The van der Waals surface area contributed by atoms with Gasteiger partial charge in [0.25, 0.3) is 5.91 Å². The summed E-state index contributed by atoms with van der Waals surface area (Å²) in [5, 5.41) is 12.3. The second-order valence-electron chi connectivity index (χ2n) is 7.48. The molecule has 11 heteroatoms. The Hall–Kier alpha value is -4.08. The van der Waals surface area contributed by atoms with Gasteiger partial charge in [0.2, 0.25) is 12.2 Å². The molecule has 3 rings (SSSR count). The zero-order valence-corrected chi connectivity index (χ0v) is 20.9. The number of rotatable bonds is 10. The van der Waals surface area contributed by atoms with Gasteiger partial charge in [0.15, 0.2) is 0 Å². The maximum Gasteiger partial charge on any atom is 0.349 e. The Morgan fingerprint density at radius 1 is 0.784 bits per heavy atom. The van der Waals surface area contributed by atoms with Crippen LogP contribution in [0.3, 0.4) is 0 Å². The van der Waals surface area contributed by atoms with Crippen LogP contribution in [0.2, 0.25) is 10.0 Å². The average Bonchev–Trinajstić information content (AvgIpc) is 2.89. The fourth-order valence-corrected chi connectivity index (χ4v) is 3.66. The minimum absolute atomic E-state index is 0.00174. The van der Waals surface area contributed by atoms with Crippen LogP contribution in [-0.2, 0) is 25.6 Å². The highest BCUT2D eigenvalue weighted by molar-refractivity contribution is 6.34.